The van der Waals surface area contributed by atoms with E-state index >= 15 is 0 Å². The first kappa shape index (κ1) is 62.8. The number of ketones is 1. The van der Waals surface area contributed by atoms with Gasteiger partial charge in [-0.3, -0.25) is 34.1 Å². The molecule has 2 N–H and O–H groups in total. The first-order valence-corrected chi connectivity index (χ1v) is 28.6. The van der Waals surface area contributed by atoms with Gasteiger partial charge < -0.3 is 57.7 Å². The molecule has 22 nitrogen and oxygen atoms in total. The summed E-state index contributed by atoms with van der Waals surface area (Å²) in [4.78, 5) is 96.4. The number of amides is 5. The van der Waals surface area contributed by atoms with Crippen LogP contribution in [0.5, 0.6) is 46.0 Å². The van der Waals surface area contributed by atoms with Gasteiger partial charge in [-0.25, -0.2) is 4.79 Å². The molecule has 8 rings (SSSR count). The summed E-state index contributed by atoms with van der Waals surface area (Å²) >= 11 is 0. The number of likely N-dealkylation sites (tertiary alicyclic amines) is 1. The van der Waals surface area contributed by atoms with Crippen LogP contribution < -0.4 is 48.5 Å². The van der Waals surface area contributed by atoms with Gasteiger partial charge in [-0.2, -0.15) is 10.2 Å². The summed E-state index contributed by atoms with van der Waals surface area (Å²) in [6.45, 7) is 3.78. The van der Waals surface area contributed by atoms with Crippen molar-refractivity contribution in [3.8, 4) is 46.0 Å². The molecule has 4 atom stereocenters. The summed E-state index contributed by atoms with van der Waals surface area (Å²) in [7, 11) is 9.09. The van der Waals surface area contributed by atoms with Crippen LogP contribution in [0.15, 0.2) is 95.2 Å². The molecule has 456 valence electrons. The average Bonchev–Trinajstić information content (AvgIpc) is 3.89. The number of nitrogens with zero attached hydrogens (tertiary/aromatic N) is 4. The van der Waals surface area contributed by atoms with Crippen molar-refractivity contribution in [3.05, 3.63) is 118 Å². The Bertz CT molecular complexity index is 3320. The van der Waals surface area contributed by atoms with Crippen molar-refractivity contribution in [3.63, 3.8) is 0 Å². The van der Waals surface area contributed by atoms with Gasteiger partial charge in [-0.15, -0.1) is 0 Å². The van der Waals surface area contributed by atoms with Crippen molar-refractivity contribution in [2.75, 3.05) is 69.0 Å². The molecule has 0 aromatic heterocycles. The van der Waals surface area contributed by atoms with Gasteiger partial charge in [0.1, 0.15) is 30.5 Å². The number of esters is 1. The van der Waals surface area contributed by atoms with Crippen molar-refractivity contribution in [2.24, 2.45) is 10.2 Å². The highest BCUT2D eigenvalue weighted by Gasteiger charge is 2.41. The van der Waals surface area contributed by atoms with E-state index in [0.29, 0.717) is 95.5 Å². The number of methoxy groups -OCH3 is 6. The normalized spacial score (nSPS) is 16.3. The fourth-order valence-corrected chi connectivity index (χ4v) is 11.1. The van der Waals surface area contributed by atoms with Gasteiger partial charge in [0, 0.05) is 61.3 Å². The fraction of sp³-hybridized carbons (Fsp3) is 0.422. The predicted molar refractivity (Wildman–Crippen MR) is 314 cm³/mol. The molecule has 3 aliphatic rings. The van der Waals surface area contributed by atoms with E-state index < -0.39 is 41.9 Å². The van der Waals surface area contributed by atoms with E-state index in [1.54, 1.807) is 87.9 Å². The molecule has 5 aromatic carbocycles. The van der Waals surface area contributed by atoms with Gasteiger partial charge >= 0.3 is 5.97 Å². The van der Waals surface area contributed by atoms with Gasteiger partial charge in [0.05, 0.1) is 60.0 Å². The van der Waals surface area contributed by atoms with Crippen molar-refractivity contribution in [1.82, 2.24) is 20.4 Å². The zero-order valence-corrected chi connectivity index (χ0v) is 49.8. The molecule has 0 bridgehead atoms. The molecule has 1 unspecified atom stereocenters. The highest BCUT2D eigenvalue weighted by atomic mass is 16.6. The Morgan fingerprint density at radius 2 is 1.47 bits per heavy atom. The molecule has 0 aliphatic carbocycles. The second-order valence-electron chi connectivity index (χ2n) is 20.9. The molecule has 0 radical (unpaired) electrons. The molecule has 5 aromatic rings. The number of carbonyl (C=O) groups is 7. The number of aryl methyl sites for hydroxylation is 2. The lowest BCUT2D eigenvalue weighted by Crippen LogP contribution is -2.52. The molecular weight excluding hydrogens is 1110 g/mol. The molecule has 0 saturated carbocycles. The Balaban J connectivity index is 0.872. The smallest absolute Gasteiger partial charge is 0.329 e. The average molecular weight is 1180 g/mol. The maximum Gasteiger partial charge on any atom is 0.329 e. The quantitative estimate of drug-likeness (QED) is 0.0205. The standard InChI is InChI=1S/C64H74N6O16/c1-9-43(40-30-38(2)59(83-8)54(32-40)80-5)62(75)69-29-13-12-20-49(69)64(77)86-51(25-22-39-23-26-52(78-3)53(31-39)79-4)45-17-10-11-21-50(45)84-37-58(73)65-28-15-16-42(71)36-85-60-55(81-6)33-41(34-56(60)82-7)67-68-47-19-14-18-44-46(47)35-70(63(44)76)48-24-27-57(72)66-61(48)74/h10-11,14,17-19,21,23,26,30-34,43,48-49,51H,9,12-13,15-16,20,22,24-25,27-29,35-37H2,1-8H3,(H,65,73)(H,66,72,74)/t43-,48?,49-,51+/m0/s1. The number of hydrogen-bond acceptors (Lipinski definition) is 18. The Labute approximate surface area is 499 Å². The summed E-state index contributed by atoms with van der Waals surface area (Å²) in [5.41, 5.74) is 4.71. The molecule has 5 amide bonds. The third-order valence-electron chi connectivity index (χ3n) is 15.5. The van der Waals surface area contributed by atoms with Crippen molar-refractivity contribution >= 4 is 52.7 Å². The molecule has 3 aliphatic heterocycles. The first-order valence-electron chi connectivity index (χ1n) is 28.6. The molecule has 22 heteroatoms. The Hall–Kier alpha value is -9.21. The lowest BCUT2D eigenvalue weighted by molar-refractivity contribution is -0.162. The zero-order chi connectivity index (χ0) is 61.4. The Morgan fingerprint density at radius 1 is 0.733 bits per heavy atom. The predicted octanol–water partition coefficient (Wildman–Crippen LogP) is 8.94. The van der Waals surface area contributed by atoms with Crippen LogP contribution in [0, 0.1) is 6.92 Å². The number of fused-ring (bicyclic) bond motifs is 1. The van der Waals surface area contributed by atoms with E-state index in [4.69, 9.17) is 42.6 Å². The van der Waals surface area contributed by atoms with E-state index in [2.05, 4.69) is 20.9 Å². The number of carbonyl (C=O) groups excluding carboxylic acids is 7. The number of benzene rings is 5. The molecule has 2 saturated heterocycles. The van der Waals surface area contributed by atoms with Crippen LogP contribution in [-0.2, 0) is 46.5 Å². The van der Waals surface area contributed by atoms with Gasteiger partial charge in [0.15, 0.2) is 46.9 Å². The lowest BCUT2D eigenvalue weighted by atomic mass is 9.91. The van der Waals surface area contributed by atoms with Crippen molar-refractivity contribution < 1.29 is 76.2 Å². The molecule has 2 fully saturated rings. The Kier molecular flexibility index (Phi) is 21.6. The van der Waals surface area contributed by atoms with E-state index in [0.717, 1.165) is 29.5 Å². The number of piperidine rings is 2. The number of ether oxygens (including phenoxy) is 9. The highest BCUT2D eigenvalue weighted by Crippen LogP contribution is 2.43. The number of azo groups is 1. The van der Waals surface area contributed by atoms with Crippen LogP contribution in [0.3, 0.4) is 0 Å². The summed E-state index contributed by atoms with van der Waals surface area (Å²) in [6, 6.07) is 22.9. The van der Waals surface area contributed by atoms with Gasteiger partial charge in [0.25, 0.3) is 11.8 Å². The molecule has 0 spiro atoms. The summed E-state index contributed by atoms with van der Waals surface area (Å²) in [5, 5.41) is 13.9. The van der Waals surface area contributed by atoms with Crippen molar-refractivity contribution in [2.45, 2.75) is 109 Å². The monoisotopic (exact) mass is 1180 g/mol. The third-order valence-corrected chi connectivity index (χ3v) is 15.5. The minimum Gasteiger partial charge on any atom is -0.493 e. The zero-order valence-electron chi connectivity index (χ0n) is 49.8. The molecular formula is C64H74N6O16. The summed E-state index contributed by atoms with van der Waals surface area (Å²) in [5.74, 6) is -0.0962. The maximum atomic E-state index is 14.6. The van der Waals surface area contributed by atoms with Crippen LogP contribution in [0.2, 0.25) is 0 Å². The second-order valence-corrected chi connectivity index (χ2v) is 20.9. The molecule has 86 heavy (non-hydrogen) atoms. The topological polar surface area (TPSA) is 258 Å². The molecule has 3 heterocycles. The van der Waals surface area contributed by atoms with E-state index in [-0.39, 0.29) is 86.3 Å². The largest absolute Gasteiger partial charge is 0.493 e. The Morgan fingerprint density at radius 3 is 2.17 bits per heavy atom. The van der Waals surface area contributed by atoms with Crippen molar-refractivity contribution in [1.29, 1.82) is 0 Å². The lowest BCUT2D eigenvalue weighted by Gasteiger charge is -2.37. The summed E-state index contributed by atoms with van der Waals surface area (Å²) in [6.07, 6.45) is 2.96. The maximum absolute atomic E-state index is 14.6. The van der Waals surface area contributed by atoms with E-state index in [9.17, 15) is 33.6 Å². The van der Waals surface area contributed by atoms with Gasteiger partial charge in [-0.1, -0.05) is 43.3 Å². The number of Topliss-reactive ketones (excluding diaryl/α,β-unsaturated/α-hetero) is 1. The second kappa shape index (κ2) is 29.5. The van der Waals surface area contributed by atoms with Gasteiger partial charge in [-0.05, 0) is 111 Å². The first-order chi connectivity index (χ1) is 41.6. The summed E-state index contributed by atoms with van der Waals surface area (Å²) < 4.78 is 52.0. The van der Waals surface area contributed by atoms with Crippen LogP contribution in [0.1, 0.15) is 115 Å². The van der Waals surface area contributed by atoms with E-state index in [1.807, 2.05) is 44.2 Å². The fourth-order valence-electron chi connectivity index (χ4n) is 11.1. The highest BCUT2D eigenvalue weighted by molar-refractivity contribution is 6.06. The van der Waals surface area contributed by atoms with Crippen LogP contribution in [-0.4, -0.2) is 132 Å². The van der Waals surface area contributed by atoms with E-state index in [1.165, 1.54) is 19.1 Å². The minimum absolute atomic E-state index is 0.0674. The van der Waals surface area contributed by atoms with Crippen LogP contribution >= 0.6 is 0 Å². The number of hydrogen-bond donors (Lipinski definition) is 2. The number of nitrogens with one attached hydrogen (secondary N) is 2. The minimum atomic E-state index is -0.862. The number of para-hydroxylation sites is 1. The van der Waals surface area contributed by atoms with Gasteiger partial charge in [0.2, 0.25) is 23.5 Å². The number of imide groups is 1. The van der Waals surface area contributed by atoms with Crippen LogP contribution in [0.4, 0.5) is 11.4 Å². The third kappa shape index (κ3) is 14.8. The SMILES string of the molecule is CC[C@H](C(=O)N1CCCC[C@H]1C(=O)O[C@H](CCc1ccc(OC)c(OC)c1)c1ccccc1OCC(=O)NCCCC(=O)COc1c(OC)cc(N=Nc2cccc3c2CN(C2CCC(=O)NC2=O)C3=O)cc1OC)c1cc(C)c(OC)c(OC)c1. The number of rotatable bonds is 28. The van der Waals surface area contributed by atoms with Crippen LogP contribution in [0.25, 0.3) is 0 Å².